The van der Waals surface area contributed by atoms with E-state index in [-0.39, 0.29) is 18.1 Å². The first-order valence-corrected chi connectivity index (χ1v) is 7.90. The maximum absolute atomic E-state index is 13.5. The Balaban J connectivity index is 1.72. The number of ether oxygens (including phenoxy) is 2. The zero-order chi connectivity index (χ0) is 18.7. The second-order valence-electron chi connectivity index (χ2n) is 5.71. The molecule has 138 valence electrons. The fourth-order valence-corrected chi connectivity index (χ4v) is 2.81. The van der Waals surface area contributed by atoms with Crippen molar-refractivity contribution in [1.29, 1.82) is 0 Å². The molecule has 0 saturated carbocycles. The predicted octanol–water partition coefficient (Wildman–Crippen LogP) is 4.08. The summed E-state index contributed by atoms with van der Waals surface area (Å²) in [6.45, 7) is 0.0348. The van der Waals surface area contributed by atoms with Crippen LogP contribution in [0, 0.1) is 5.82 Å². The lowest BCUT2D eigenvalue weighted by Gasteiger charge is -2.29. The third-order valence-corrected chi connectivity index (χ3v) is 3.89. The summed E-state index contributed by atoms with van der Waals surface area (Å²) >= 11 is 0. The Kier molecular flexibility index (Phi) is 5.01. The van der Waals surface area contributed by atoms with Gasteiger partial charge in [-0.2, -0.15) is 0 Å². The average molecular weight is 369 g/mol. The van der Waals surface area contributed by atoms with Crippen LogP contribution in [-0.4, -0.2) is 25.4 Å². The number of carbonyl (C=O) groups excluding carboxylic acids is 1. The molecular weight excluding hydrogens is 354 g/mol. The molecule has 0 unspecified atom stereocenters. The van der Waals surface area contributed by atoms with E-state index in [9.17, 15) is 22.4 Å². The van der Waals surface area contributed by atoms with Gasteiger partial charge in [-0.1, -0.05) is 12.1 Å². The zero-order valence-electron chi connectivity index (χ0n) is 13.6. The standard InChI is InChI=1S/C18H15F4NO3/c19-14-5-1-2-6-16(14)25-11-17(24)23-9-3-4-12-10-13(7-8-15(12)23)26-18(20,21)22/h1-2,5-8,10H,3-4,9,11H2. The van der Waals surface area contributed by atoms with Crippen molar-refractivity contribution in [3.8, 4) is 11.5 Å². The molecule has 0 fully saturated rings. The van der Waals surface area contributed by atoms with Crippen LogP contribution in [0.1, 0.15) is 12.0 Å². The summed E-state index contributed by atoms with van der Waals surface area (Å²) in [7, 11) is 0. The molecule has 0 atom stereocenters. The third-order valence-electron chi connectivity index (χ3n) is 3.89. The molecule has 0 N–H and O–H groups in total. The van der Waals surface area contributed by atoms with E-state index in [0.29, 0.717) is 30.6 Å². The number of anilines is 1. The fourth-order valence-electron chi connectivity index (χ4n) is 2.81. The van der Waals surface area contributed by atoms with Crippen molar-refractivity contribution in [2.24, 2.45) is 0 Å². The number of aryl methyl sites for hydroxylation is 1. The van der Waals surface area contributed by atoms with Gasteiger partial charge in [-0.05, 0) is 48.7 Å². The highest BCUT2D eigenvalue weighted by Crippen LogP contribution is 2.32. The van der Waals surface area contributed by atoms with Crippen LogP contribution in [0.2, 0.25) is 0 Å². The molecule has 8 heteroatoms. The number of hydrogen-bond acceptors (Lipinski definition) is 3. The Labute approximate surface area is 146 Å². The van der Waals surface area contributed by atoms with Gasteiger partial charge in [0.15, 0.2) is 18.2 Å². The minimum atomic E-state index is -4.77. The van der Waals surface area contributed by atoms with Crippen molar-refractivity contribution in [2.75, 3.05) is 18.1 Å². The molecule has 2 aromatic carbocycles. The summed E-state index contributed by atoms with van der Waals surface area (Å²) in [4.78, 5) is 13.9. The highest BCUT2D eigenvalue weighted by atomic mass is 19.4. The van der Waals surface area contributed by atoms with Crippen LogP contribution in [0.25, 0.3) is 0 Å². The molecule has 26 heavy (non-hydrogen) atoms. The molecular formula is C18H15F4NO3. The first kappa shape index (κ1) is 18.0. The van der Waals surface area contributed by atoms with Crippen LogP contribution < -0.4 is 14.4 Å². The topological polar surface area (TPSA) is 38.8 Å². The van der Waals surface area contributed by atoms with E-state index < -0.39 is 18.1 Å². The second-order valence-corrected chi connectivity index (χ2v) is 5.71. The summed E-state index contributed by atoms with van der Waals surface area (Å²) < 4.78 is 59.7. The van der Waals surface area contributed by atoms with Gasteiger partial charge in [-0.25, -0.2) is 4.39 Å². The summed E-state index contributed by atoms with van der Waals surface area (Å²) in [5.41, 5.74) is 1.09. The monoisotopic (exact) mass is 369 g/mol. The Bertz CT molecular complexity index is 807. The Morgan fingerprint density at radius 3 is 2.65 bits per heavy atom. The van der Waals surface area contributed by atoms with Crippen LogP contribution in [0.4, 0.5) is 23.2 Å². The lowest BCUT2D eigenvalue weighted by atomic mass is 10.0. The quantitative estimate of drug-likeness (QED) is 0.763. The van der Waals surface area contributed by atoms with Crippen molar-refractivity contribution >= 4 is 11.6 Å². The predicted molar refractivity (Wildman–Crippen MR) is 85.7 cm³/mol. The number of para-hydroxylation sites is 1. The number of carbonyl (C=O) groups is 1. The average Bonchev–Trinajstić information content (AvgIpc) is 2.58. The maximum Gasteiger partial charge on any atom is 0.573 e. The Hall–Kier alpha value is -2.77. The SMILES string of the molecule is O=C(COc1ccccc1F)N1CCCc2cc(OC(F)(F)F)ccc21. The van der Waals surface area contributed by atoms with E-state index in [2.05, 4.69) is 4.74 Å². The molecule has 0 bridgehead atoms. The molecule has 0 aliphatic carbocycles. The number of nitrogens with zero attached hydrogens (tertiary/aromatic N) is 1. The summed E-state index contributed by atoms with van der Waals surface area (Å²) in [6, 6.07) is 9.57. The minimum Gasteiger partial charge on any atom is -0.481 e. The van der Waals surface area contributed by atoms with Crippen LogP contribution in [-0.2, 0) is 11.2 Å². The van der Waals surface area contributed by atoms with Crippen LogP contribution in [0.3, 0.4) is 0 Å². The minimum absolute atomic E-state index is 0.0352. The smallest absolute Gasteiger partial charge is 0.481 e. The van der Waals surface area contributed by atoms with Gasteiger partial charge in [0.25, 0.3) is 5.91 Å². The molecule has 0 aromatic heterocycles. The number of fused-ring (bicyclic) bond motifs is 1. The summed E-state index contributed by atoms with van der Waals surface area (Å²) in [5, 5.41) is 0. The Morgan fingerprint density at radius 1 is 1.15 bits per heavy atom. The normalized spacial score (nSPS) is 13.9. The van der Waals surface area contributed by atoms with Gasteiger partial charge in [-0.3, -0.25) is 4.79 Å². The molecule has 0 radical (unpaired) electrons. The molecule has 0 saturated heterocycles. The van der Waals surface area contributed by atoms with Gasteiger partial charge in [0.1, 0.15) is 5.75 Å². The van der Waals surface area contributed by atoms with Crippen LogP contribution in [0.5, 0.6) is 11.5 Å². The fraction of sp³-hybridized carbons (Fsp3) is 0.278. The largest absolute Gasteiger partial charge is 0.573 e. The maximum atomic E-state index is 13.5. The number of hydrogen-bond donors (Lipinski definition) is 0. The van der Waals surface area contributed by atoms with Gasteiger partial charge in [0.2, 0.25) is 0 Å². The van der Waals surface area contributed by atoms with Crippen molar-refractivity contribution in [2.45, 2.75) is 19.2 Å². The third kappa shape index (κ3) is 4.25. The van der Waals surface area contributed by atoms with Crippen molar-refractivity contribution in [1.82, 2.24) is 0 Å². The number of halogens is 4. The first-order valence-electron chi connectivity index (χ1n) is 7.90. The van der Waals surface area contributed by atoms with Gasteiger partial charge < -0.3 is 14.4 Å². The van der Waals surface area contributed by atoms with E-state index in [1.165, 1.54) is 35.2 Å². The Morgan fingerprint density at radius 2 is 1.92 bits per heavy atom. The van der Waals surface area contributed by atoms with Crippen molar-refractivity contribution < 1.29 is 31.8 Å². The molecule has 1 aliphatic heterocycles. The highest BCUT2D eigenvalue weighted by Gasteiger charge is 2.32. The lowest BCUT2D eigenvalue weighted by molar-refractivity contribution is -0.274. The van der Waals surface area contributed by atoms with E-state index in [0.717, 1.165) is 6.07 Å². The van der Waals surface area contributed by atoms with Crippen molar-refractivity contribution in [3.63, 3.8) is 0 Å². The van der Waals surface area contributed by atoms with E-state index in [1.807, 2.05) is 0 Å². The van der Waals surface area contributed by atoms with Gasteiger partial charge in [0.05, 0.1) is 0 Å². The van der Waals surface area contributed by atoms with Gasteiger partial charge >= 0.3 is 6.36 Å². The summed E-state index contributed by atoms with van der Waals surface area (Å²) in [5.74, 6) is -1.34. The molecule has 1 aliphatic rings. The molecule has 1 heterocycles. The molecule has 4 nitrogen and oxygen atoms in total. The number of benzene rings is 2. The second kappa shape index (κ2) is 7.23. The van der Waals surface area contributed by atoms with Crippen molar-refractivity contribution in [3.05, 3.63) is 53.8 Å². The van der Waals surface area contributed by atoms with Crippen LogP contribution in [0.15, 0.2) is 42.5 Å². The number of rotatable bonds is 4. The van der Waals surface area contributed by atoms with Crippen LogP contribution >= 0.6 is 0 Å². The molecule has 1 amide bonds. The molecule has 3 rings (SSSR count). The first-order chi connectivity index (χ1) is 12.3. The molecule has 0 spiro atoms. The summed E-state index contributed by atoms with van der Waals surface area (Å²) in [6.07, 6.45) is -3.65. The van der Waals surface area contributed by atoms with E-state index >= 15 is 0 Å². The van der Waals surface area contributed by atoms with Gasteiger partial charge in [-0.15, -0.1) is 13.2 Å². The van der Waals surface area contributed by atoms with Gasteiger partial charge in [0, 0.05) is 12.2 Å². The highest BCUT2D eigenvalue weighted by molar-refractivity contribution is 5.95. The zero-order valence-corrected chi connectivity index (χ0v) is 13.6. The number of alkyl halides is 3. The van der Waals surface area contributed by atoms with E-state index in [4.69, 9.17) is 4.74 Å². The number of amides is 1. The molecule has 2 aromatic rings. The lowest BCUT2D eigenvalue weighted by Crippen LogP contribution is -2.38. The van der Waals surface area contributed by atoms with E-state index in [1.54, 1.807) is 6.07 Å².